The van der Waals surface area contributed by atoms with Crippen molar-refractivity contribution in [1.82, 2.24) is 14.9 Å². The zero-order valence-electron chi connectivity index (χ0n) is 20.9. The summed E-state index contributed by atoms with van der Waals surface area (Å²) in [4.78, 5) is 17.2. The molecular weight excluding hydrogens is 514 g/mol. The molecule has 1 amide bonds. The topological polar surface area (TPSA) is 56.1 Å². The van der Waals surface area contributed by atoms with Gasteiger partial charge in [-0.2, -0.15) is 0 Å². The van der Waals surface area contributed by atoms with Crippen molar-refractivity contribution in [2.45, 2.75) is 52.0 Å². The largest absolute Gasteiger partial charge is 0.493 e. The molecule has 0 saturated carbocycles. The number of unbranched alkanes of at least 4 members (excludes halogenated alkanes) is 3. The molecule has 0 spiro atoms. The third kappa shape index (κ3) is 7.20. The molecule has 4 aromatic rings. The Morgan fingerprint density at radius 3 is 2.64 bits per heavy atom. The monoisotopic (exact) mass is 547 g/mol. The molecule has 0 atom stereocenters. The van der Waals surface area contributed by atoms with Gasteiger partial charge in [-0.05, 0) is 74.6 Å². The van der Waals surface area contributed by atoms with Gasteiger partial charge in [-0.3, -0.25) is 4.79 Å². The first kappa shape index (κ1) is 26.0. The van der Waals surface area contributed by atoms with E-state index in [9.17, 15) is 4.79 Å². The lowest BCUT2D eigenvalue weighted by Crippen LogP contribution is -2.24. The smallest absolute Gasteiger partial charge is 0.251 e. The van der Waals surface area contributed by atoms with Crippen molar-refractivity contribution in [2.75, 3.05) is 13.2 Å². The van der Waals surface area contributed by atoms with Crippen LogP contribution >= 0.6 is 15.9 Å². The first-order valence-electron chi connectivity index (χ1n) is 12.8. The van der Waals surface area contributed by atoms with Gasteiger partial charge in [0.1, 0.15) is 11.6 Å². The van der Waals surface area contributed by atoms with Crippen molar-refractivity contribution >= 4 is 32.9 Å². The number of benzene rings is 3. The maximum Gasteiger partial charge on any atom is 0.251 e. The molecule has 0 fully saturated rings. The standard InChI is InChI=1S/C30H34BrN3O2/c1-23-12-4-7-17-28(23)36-21-10-9-20-34-27-16-6-5-15-26(27)33-29(34)18-3-2-8-19-32-30(35)24-13-11-14-25(31)22-24/h4-7,11-17,22H,2-3,8-10,18-21H2,1H3,(H,32,35). The maximum absolute atomic E-state index is 12.3. The summed E-state index contributed by atoms with van der Waals surface area (Å²) in [5, 5.41) is 3.02. The van der Waals surface area contributed by atoms with Gasteiger partial charge in [0.15, 0.2) is 0 Å². The number of rotatable bonds is 13. The van der Waals surface area contributed by atoms with Crippen LogP contribution in [0.5, 0.6) is 5.75 Å². The van der Waals surface area contributed by atoms with E-state index < -0.39 is 0 Å². The van der Waals surface area contributed by atoms with Crippen LogP contribution in [0.3, 0.4) is 0 Å². The zero-order valence-corrected chi connectivity index (χ0v) is 22.5. The fourth-order valence-corrected chi connectivity index (χ4v) is 4.76. The van der Waals surface area contributed by atoms with Gasteiger partial charge in [0, 0.05) is 29.5 Å². The van der Waals surface area contributed by atoms with E-state index in [0.29, 0.717) is 12.1 Å². The Labute approximate surface area is 222 Å². The summed E-state index contributed by atoms with van der Waals surface area (Å²) in [6.07, 6.45) is 6.03. The lowest BCUT2D eigenvalue weighted by Gasteiger charge is -2.11. The first-order chi connectivity index (χ1) is 17.6. The number of nitrogens with one attached hydrogen (secondary N) is 1. The molecule has 3 aromatic carbocycles. The SMILES string of the molecule is Cc1ccccc1OCCCCn1c(CCCCCNC(=O)c2cccc(Br)c2)nc2ccccc21. The first-order valence-corrected chi connectivity index (χ1v) is 13.6. The summed E-state index contributed by atoms with van der Waals surface area (Å²) in [5.74, 6) is 2.10. The molecule has 0 aliphatic heterocycles. The summed E-state index contributed by atoms with van der Waals surface area (Å²) in [7, 11) is 0. The maximum atomic E-state index is 12.3. The Morgan fingerprint density at radius 2 is 1.78 bits per heavy atom. The van der Waals surface area contributed by atoms with Gasteiger partial charge in [0.2, 0.25) is 0 Å². The van der Waals surface area contributed by atoms with E-state index >= 15 is 0 Å². The highest BCUT2D eigenvalue weighted by molar-refractivity contribution is 9.10. The van der Waals surface area contributed by atoms with Crippen LogP contribution in [0.15, 0.2) is 77.3 Å². The Bertz CT molecular complexity index is 1280. The lowest BCUT2D eigenvalue weighted by molar-refractivity contribution is 0.0953. The third-order valence-corrected chi connectivity index (χ3v) is 6.80. The van der Waals surface area contributed by atoms with E-state index in [2.05, 4.69) is 57.0 Å². The lowest BCUT2D eigenvalue weighted by atomic mass is 10.1. The van der Waals surface area contributed by atoms with E-state index in [0.717, 1.165) is 73.2 Å². The van der Waals surface area contributed by atoms with Crippen LogP contribution in [-0.4, -0.2) is 28.6 Å². The number of aryl methyl sites for hydroxylation is 3. The van der Waals surface area contributed by atoms with Crippen molar-refractivity contribution in [3.05, 3.63) is 94.2 Å². The minimum absolute atomic E-state index is 0.0236. The minimum Gasteiger partial charge on any atom is -0.493 e. The van der Waals surface area contributed by atoms with E-state index in [1.165, 1.54) is 11.1 Å². The van der Waals surface area contributed by atoms with E-state index in [1.54, 1.807) is 0 Å². The number of carbonyl (C=O) groups is 1. The number of ether oxygens (including phenoxy) is 1. The molecule has 0 saturated heterocycles. The molecule has 0 unspecified atom stereocenters. The predicted molar refractivity (Wildman–Crippen MR) is 150 cm³/mol. The fourth-order valence-electron chi connectivity index (χ4n) is 4.36. The molecule has 1 heterocycles. The fraction of sp³-hybridized carbons (Fsp3) is 0.333. The number of nitrogens with zero attached hydrogens (tertiary/aromatic N) is 2. The van der Waals surface area contributed by atoms with Gasteiger partial charge >= 0.3 is 0 Å². The van der Waals surface area contributed by atoms with Gasteiger partial charge in [0.25, 0.3) is 5.91 Å². The molecule has 188 valence electrons. The Morgan fingerprint density at radius 1 is 0.944 bits per heavy atom. The predicted octanol–water partition coefficient (Wildman–Crippen LogP) is 7.11. The van der Waals surface area contributed by atoms with Gasteiger partial charge in [-0.25, -0.2) is 4.98 Å². The Kier molecular flexibility index (Phi) is 9.56. The summed E-state index contributed by atoms with van der Waals surface area (Å²) < 4.78 is 9.26. The highest BCUT2D eigenvalue weighted by Gasteiger charge is 2.10. The van der Waals surface area contributed by atoms with Crippen molar-refractivity contribution < 1.29 is 9.53 Å². The number of imidazole rings is 1. The van der Waals surface area contributed by atoms with Gasteiger partial charge in [0.05, 0.1) is 17.6 Å². The number of aromatic nitrogens is 2. The minimum atomic E-state index is -0.0236. The van der Waals surface area contributed by atoms with E-state index in [4.69, 9.17) is 9.72 Å². The van der Waals surface area contributed by atoms with Crippen molar-refractivity contribution in [3.8, 4) is 5.75 Å². The van der Waals surface area contributed by atoms with Crippen LogP contribution in [0.1, 0.15) is 53.8 Å². The molecule has 36 heavy (non-hydrogen) atoms. The Balaban J connectivity index is 1.22. The zero-order chi connectivity index (χ0) is 25.2. The second-order valence-electron chi connectivity index (χ2n) is 9.07. The molecular formula is C30H34BrN3O2. The highest BCUT2D eigenvalue weighted by atomic mass is 79.9. The highest BCUT2D eigenvalue weighted by Crippen LogP contribution is 2.20. The molecule has 0 radical (unpaired) electrons. The van der Waals surface area contributed by atoms with Gasteiger partial charge < -0.3 is 14.6 Å². The van der Waals surface area contributed by atoms with Gasteiger partial charge in [-0.15, -0.1) is 0 Å². The molecule has 0 aliphatic rings. The summed E-state index contributed by atoms with van der Waals surface area (Å²) >= 11 is 3.41. The number of carbonyl (C=O) groups excluding carboxylic acids is 1. The van der Waals surface area contributed by atoms with E-state index in [-0.39, 0.29) is 5.91 Å². The number of halogens is 1. The van der Waals surface area contributed by atoms with Crippen molar-refractivity contribution in [2.24, 2.45) is 0 Å². The molecule has 5 nitrogen and oxygen atoms in total. The normalized spacial score (nSPS) is 11.1. The van der Waals surface area contributed by atoms with Crippen LogP contribution in [0.25, 0.3) is 11.0 Å². The van der Waals surface area contributed by atoms with Crippen LogP contribution in [0.2, 0.25) is 0 Å². The summed E-state index contributed by atoms with van der Waals surface area (Å²) in [6.45, 7) is 4.42. The van der Waals surface area contributed by atoms with Crippen LogP contribution in [0.4, 0.5) is 0 Å². The summed E-state index contributed by atoms with van der Waals surface area (Å²) in [5.41, 5.74) is 4.12. The second kappa shape index (κ2) is 13.3. The third-order valence-electron chi connectivity index (χ3n) is 6.31. The molecule has 4 rings (SSSR count). The average Bonchev–Trinajstić information content (AvgIpc) is 3.24. The van der Waals surface area contributed by atoms with E-state index in [1.807, 2.05) is 48.5 Å². The summed E-state index contributed by atoms with van der Waals surface area (Å²) in [6, 6.07) is 24.0. The number of fused-ring (bicyclic) bond motifs is 1. The number of para-hydroxylation sites is 3. The molecule has 6 heteroatoms. The van der Waals surface area contributed by atoms with Crippen LogP contribution in [0, 0.1) is 6.92 Å². The van der Waals surface area contributed by atoms with Crippen molar-refractivity contribution in [3.63, 3.8) is 0 Å². The second-order valence-corrected chi connectivity index (χ2v) is 9.98. The quantitative estimate of drug-likeness (QED) is 0.181. The van der Waals surface area contributed by atoms with Crippen LogP contribution < -0.4 is 10.1 Å². The molecule has 0 bridgehead atoms. The molecule has 0 aliphatic carbocycles. The number of hydrogen-bond donors (Lipinski definition) is 1. The van der Waals surface area contributed by atoms with Gasteiger partial charge in [-0.1, -0.05) is 58.7 Å². The Hall–Kier alpha value is -3.12. The average molecular weight is 549 g/mol. The number of amides is 1. The van der Waals surface area contributed by atoms with Crippen LogP contribution in [-0.2, 0) is 13.0 Å². The molecule has 1 N–H and O–H groups in total. The number of hydrogen-bond acceptors (Lipinski definition) is 3. The van der Waals surface area contributed by atoms with Crippen molar-refractivity contribution in [1.29, 1.82) is 0 Å². The molecule has 1 aromatic heterocycles.